The van der Waals surface area contributed by atoms with Crippen molar-refractivity contribution in [3.8, 4) is 0 Å². The second kappa shape index (κ2) is 6.49. The van der Waals surface area contributed by atoms with Gasteiger partial charge in [0.2, 0.25) is 5.91 Å². The average molecular weight is 358 g/mol. The van der Waals surface area contributed by atoms with E-state index >= 15 is 0 Å². The number of carbonyl (C=O) groups is 1. The van der Waals surface area contributed by atoms with Crippen LogP contribution in [0, 0.1) is 0 Å². The SMILES string of the molecule is Cn1ccnc1C1CCN(C(=O)C2(c3ccc(Cl)cc3)CCC2)CC1. The molecule has 5 heteroatoms. The molecule has 1 amide bonds. The van der Waals surface area contributed by atoms with E-state index in [-0.39, 0.29) is 5.41 Å². The van der Waals surface area contributed by atoms with E-state index in [4.69, 9.17) is 11.6 Å². The Balaban J connectivity index is 1.48. The van der Waals surface area contributed by atoms with Crippen LogP contribution in [0.5, 0.6) is 0 Å². The molecule has 0 radical (unpaired) electrons. The van der Waals surface area contributed by atoms with Crippen molar-refractivity contribution in [2.45, 2.75) is 43.4 Å². The number of carbonyl (C=O) groups excluding carboxylic acids is 1. The highest BCUT2D eigenvalue weighted by molar-refractivity contribution is 6.30. The lowest BCUT2D eigenvalue weighted by Crippen LogP contribution is -2.53. The van der Waals surface area contributed by atoms with E-state index in [1.165, 1.54) is 0 Å². The number of imidazole rings is 1. The third-order valence-corrected chi connectivity index (χ3v) is 6.27. The lowest BCUT2D eigenvalue weighted by atomic mass is 9.63. The van der Waals surface area contributed by atoms with E-state index < -0.39 is 0 Å². The summed E-state index contributed by atoms with van der Waals surface area (Å²) < 4.78 is 2.10. The highest BCUT2D eigenvalue weighted by atomic mass is 35.5. The van der Waals surface area contributed by atoms with Crippen molar-refractivity contribution >= 4 is 17.5 Å². The predicted molar refractivity (Wildman–Crippen MR) is 98.7 cm³/mol. The number of piperidine rings is 1. The molecule has 1 saturated heterocycles. The number of amides is 1. The van der Waals surface area contributed by atoms with E-state index in [0.29, 0.717) is 11.8 Å². The molecule has 0 bridgehead atoms. The topological polar surface area (TPSA) is 38.1 Å². The number of likely N-dealkylation sites (tertiary alicyclic amines) is 1. The van der Waals surface area contributed by atoms with Crippen LogP contribution in [-0.4, -0.2) is 33.4 Å². The average Bonchev–Trinajstić information content (AvgIpc) is 3.01. The summed E-state index contributed by atoms with van der Waals surface area (Å²) in [5.41, 5.74) is 0.806. The maximum Gasteiger partial charge on any atom is 0.233 e. The Kier molecular flexibility index (Phi) is 4.32. The summed E-state index contributed by atoms with van der Waals surface area (Å²) in [6.07, 6.45) is 8.87. The van der Waals surface area contributed by atoms with Gasteiger partial charge in [0, 0.05) is 43.5 Å². The van der Waals surface area contributed by atoms with Crippen molar-refractivity contribution in [1.82, 2.24) is 14.5 Å². The molecular weight excluding hydrogens is 334 g/mol. The zero-order valence-corrected chi connectivity index (χ0v) is 15.4. The third kappa shape index (κ3) is 2.86. The van der Waals surface area contributed by atoms with Crippen molar-refractivity contribution in [2.24, 2.45) is 7.05 Å². The second-order valence-corrected chi connectivity index (χ2v) is 7.84. The lowest BCUT2D eigenvalue weighted by Gasteiger charge is -2.45. The molecular formula is C20H24ClN3O. The van der Waals surface area contributed by atoms with Gasteiger partial charge in [0.25, 0.3) is 0 Å². The highest BCUT2D eigenvalue weighted by Crippen LogP contribution is 2.46. The summed E-state index contributed by atoms with van der Waals surface area (Å²) in [7, 11) is 2.05. The molecule has 4 rings (SSSR count). The molecule has 25 heavy (non-hydrogen) atoms. The predicted octanol–water partition coefficient (Wildman–Crippen LogP) is 3.90. The number of hydrogen-bond acceptors (Lipinski definition) is 2. The minimum absolute atomic E-state index is 0.305. The van der Waals surface area contributed by atoms with Gasteiger partial charge in [0.1, 0.15) is 5.82 Å². The largest absolute Gasteiger partial charge is 0.342 e. The molecule has 2 aliphatic rings. The zero-order chi connectivity index (χ0) is 17.4. The fourth-order valence-corrected chi connectivity index (χ4v) is 4.47. The van der Waals surface area contributed by atoms with E-state index in [1.54, 1.807) is 0 Å². The summed E-state index contributed by atoms with van der Waals surface area (Å²) in [5, 5.41) is 0.724. The van der Waals surface area contributed by atoms with Crippen LogP contribution in [-0.2, 0) is 17.3 Å². The Labute approximate surface area is 153 Å². The lowest BCUT2D eigenvalue weighted by molar-refractivity contribution is -0.142. The van der Waals surface area contributed by atoms with Gasteiger partial charge in [0.05, 0.1) is 5.41 Å². The van der Waals surface area contributed by atoms with Crippen LogP contribution in [0.4, 0.5) is 0 Å². The Morgan fingerprint density at radius 3 is 2.40 bits per heavy atom. The Hall–Kier alpha value is -1.81. The van der Waals surface area contributed by atoms with Crippen molar-refractivity contribution in [1.29, 1.82) is 0 Å². The van der Waals surface area contributed by atoms with Gasteiger partial charge in [-0.05, 0) is 43.4 Å². The van der Waals surface area contributed by atoms with Crippen LogP contribution in [0.1, 0.15) is 49.4 Å². The van der Waals surface area contributed by atoms with Crippen LogP contribution >= 0.6 is 11.6 Å². The molecule has 0 N–H and O–H groups in total. The van der Waals surface area contributed by atoms with Crippen molar-refractivity contribution in [2.75, 3.05) is 13.1 Å². The van der Waals surface area contributed by atoms with Crippen LogP contribution in [0.2, 0.25) is 5.02 Å². The molecule has 1 saturated carbocycles. The third-order valence-electron chi connectivity index (χ3n) is 6.02. The Morgan fingerprint density at radius 1 is 1.20 bits per heavy atom. The number of benzene rings is 1. The number of rotatable bonds is 3. The number of hydrogen-bond donors (Lipinski definition) is 0. The molecule has 2 aromatic rings. The van der Waals surface area contributed by atoms with Gasteiger partial charge in [0.15, 0.2) is 0 Å². The molecule has 1 aromatic carbocycles. The maximum absolute atomic E-state index is 13.3. The molecule has 4 nitrogen and oxygen atoms in total. The number of nitrogens with zero attached hydrogens (tertiary/aromatic N) is 3. The first-order chi connectivity index (χ1) is 12.1. The molecule has 2 heterocycles. The normalized spacial score (nSPS) is 20.3. The van der Waals surface area contributed by atoms with E-state index in [0.717, 1.165) is 61.6 Å². The highest BCUT2D eigenvalue weighted by Gasteiger charge is 2.48. The molecule has 1 aliphatic carbocycles. The number of aromatic nitrogens is 2. The first-order valence-electron chi connectivity index (χ1n) is 9.13. The summed E-state index contributed by atoms with van der Waals surface area (Å²) in [6, 6.07) is 7.86. The summed E-state index contributed by atoms with van der Waals surface area (Å²) in [4.78, 5) is 19.9. The molecule has 132 valence electrons. The molecule has 1 aliphatic heterocycles. The van der Waals surface area contributed by atoms with Gasteiger partial charge in [-0.2, -0.15) is 0 Å². The molecule has 0 atom stereocenters. The van der Waals surface area contributed by atoms with Gasteiger partial charge in [-0.25, -0.2) is 4.98 Å². The summed E-state index contributed by atoms with van der Waals surface area (Å²) in [6.45, 7) is 1.65. The monoisotopic (exact) mass is 357 g/mol. The van der Waals surface area contributed by atoms with Crippen molar-refractivity contribution in [3.63, 3.8) is 0 Å². The van der Waals surface area contributed by atoms with Crippen LogP contribution < -0.4 is 0 Å². The van der Waals surface area contributed by atoms with E-state index in [1.807, 2.05) is 43.7 Å². The van der Waals surface area contributed by atoms with E-state index in [2.05, 4.69) is 14.5 Å². The van der Waals surface area contributed by atoms with Crippen LogP contribution in [0.3, 0.4) is 0 Å². The number of aryl methyl sites for hydroxylation is 1. The van der Waals surface area contributed by atoms with Gasteiger partial charge >= 0.3 is 0 Å². The number of halogens is 1. The molecule has 0 spiro atoms. The maximum atomic E-state index is 13.3. The van der Waals surface area contributed by atoms with Gasteiger partial charge in [-0.15, -0.1) is 0 Å². The van der Waals surface area contributed by atoms with Gasteiger partial charge < -0.3 is 9.47 Å². The van der Waals surface area contributed by atoms with Crippen LogP contribution in [0.25, 0.3) is 0 Å². The molecule has 2 fully saturated rings. The van der Waals surface area contributed by atoms with Crippen molar-refractivity contribution < 1.29 is 4.79 Å². The quantitative estimate of drug-likeness (QED) is 0.835. The van der Waals surface area contributed by atoms with Crippen LogP contribution in [0.15, 0.2) is 36.7 Å². The summed E-state index contributed by atoms with van der Waals surface area (Å²) in [5.74, 6) is 1.90. The minimum Gasteiger partial charge on any atom is -0.342 e. The molecule has 1 aromatic heterocycles. The van der Waals surface area contributed by atoms with Gasteiger partial charge in [-0.3, -0.25) is 4.79 Å². The summed E-state index contributed by atoms with van der Waals surface area (Å²) >= 11 is 6.03. The minimum atomic E-state index is -0.319. The smallest absolute Gasteiger partial charge is 0.233 e. The van der Waals surface area contributed by atoms with Crippen molar-refractivity contribution in [3.05, 3.63) is 53.1 Å². The Bertz CT molecular complexity index is 756. The second-order valence-electron chi connectivity index (χ2n) is 7.41. The van der Waals surface area contributed by atoms with E-state index in [9.17, 15) is 4.79 Å². The molecule has 0 unspecified atom stereocenters. The standard InChI is InChI=1S/C20H24ClN3O/c1-23-14-11-22-18(23)15-7-12-24(13-8-15)19(25)20(9-2-10-20)16-3-5-17(21)6-4-16/h3-6,11,14-15H,2,7-10,12-13H2,1H3. The Morgan fingerprint density at radius 2 is 1.88 bits per heavy atom. The fourth-order valence-electron chi connectivity index (χ4n) is 4.34. The van der Waals surface area contributed by atoms with Gasteiger partial charge in [-0.1, -0.05) is 30.2 Å². The zero-order valence-electron chi connectivity index (χ0n) is 14.6. The first kappa shape index (κ1) is 16.6. The first-order valence-corrected chi connectivity index (χ1v) is 9.50. The fraction of sp³-hybridized carbons (Fsp3) is 0.500.